The Morgan fingerprint density at radius 2 is 1.72 bits per heavy atom. The molecular formula is C22H17IN2O4. The van der Waals surface area contributed by atoms with Gasteiger partial charge in [-0.1, -0.05) is 24.3 Å². The largest absolute Gasteiger partial charge is 0.497 e. The predicted octanol–water partition coefficient (Wildman–Crippen LogP) is 4.28. The maximum Gasteiger partial charge on any atom is 0.343 e. The van der Waals surface area contributed by atoms with Crippen LogP contribution in [0.15, 0.2) is 77.9 Å². The standard InChI is InChI=1S/C22H17IN2O4/c1-28-17-11-9-16(10-12-17)22(27)29-18-6-4-5-15(13-18)14-24-25-21(26)19-7-2-3-8-20(19)23/h2-14H,1H3,(H,25,26)/b24-14+. The van der Waals surface area contributed by atoms with Crippen molar-refractivity contribution >= 4 is 40.7 Å². The number of nitrogens with zero attached hydrogens (tertiary/aromatic N) is 1. The SMILES string of the molecule is COc1ccc(C(=O)Oc2cccc(/C=N/NC(=O)c3ccccc3I)c2)cc1. The van der Waals surface area contributed by atoms with Gasteiger partial charge in [-0.15, -0.1) is 0 Å². The second kappa shape index (κ2) is 9.83. The molecule has 0 aliphatic rings. The van der Waals surface area contributed by atoms with Crippen LogP contribution in [0, 0.1) is 3.57 Å². The quantitative estimate of drug-likeness (QED) is 0.180. The molecule has 1 N–H and O–H groups in total. The minimum atomic E-state index is -0.478. The fraction of sp³-hybridized carbons (Fsp3) is 0.0455. The minimum absolute atomic E-state index is 0.298. The fourth-order valence-electron chi connectivity index (χ4n) is 2.42. The first-order valence-electron chi connectivity index (χ1n) is 8.61. The molecule has 3 aromatic rings. The van der Waals surface area contributed by atoms with Gasteiger partial charge >= 0.3 is 5.97 Å². The number of halogens is 1. The van der Waals surface area contributed by atoms with Gasteiger partial charge in [-0.3, -0.25) is 4.79 Å². The third-order valence-corrected chi connectivity index (χ3v) is 4.83. The second-order valence-corrected chi connectivity index (χ2v) is 7.03. The maximum atomic E-state index is 12.3. The van der Waals surface area contributed by atoms with Gasteiger partial charge in [0.2, 0.25) is 0 Å². The van der Waals surface area contributed by atoms with Gasteiger partial charge in [-0.25, -0.2) is 10.2 Å². The number of ether oxygens (including phenoxy) is 2. The van der Waals surface area contributed by atoms with E-state index in [0.29, 0.717) is 28.2 Å². The summed E-state index contributed by atoms with van der Waals surface area (Å²) in [6.45, 7) is 0. The average molecular weight is 500 g/mol. The van der Waals surface area contributed by atoms with Gasteiger partial charge in [0, 0.05) is 3.57 Å². The number of carbonyl (C=O) groups is 2. The number of amides is 1. The van der Waals surface area contributed by atoms with Crippen molar-refractivity contribution in [2.45, 2.75) is 0 Å². The normalized spacial score (nSPS) is 10.6. The van der Waals surface area contributed by atoms with Crippen LogP contribution in [0.5, 0.6) is 11.5 Å². The zero-order valence-corrected chi connectivity index (χ0v) is 17.6. The molecule has 0 radical (unpaired) electrons. The first kappa shape index (κ1) is 20.5. The summed E-state index contributed by atoms with van der Waals surface area (Å²) in [6.07, 6.45) is 1.48. The lowest BCUT2D eigenvalue weighted by molar-refractivity contribution is 0.0734. The van der Waals surface area contributed by atoms with Crippen molar-refractivity contribution in [2.24, 2.45) is 5.10 Å². The highest BCUT2D eigenvalue weighted by molar-refractivity contribution is 14.1. The number of hydrogen-bond acceptors (Lipinski definition) is 5. The van der Waals surface area contributed by atoms with E-state index in [0.717, 1.165) is 3.57 Å². The molecule has 0 aliphatic carbocycles. The van der Waals surface area contributed by atoms with Crippen molar-refractivity contribution < 1.29 is 19.1 Å². The van der Waals surface area contributed by atoms with Gasteiger partial charge in [0.1, 0.15) is 11.5 Å². The molecule has 0 aliphatic heterocycles. The van der Waals surface area contributed by atoms with Crippen LogP contribution >= 0.6 is 22.6 Å². The molecule has 3 aromatic carbocycles. The van der Waals surface area contributed by atoms with Crippen LogP contribution in [0.3, 0.4) is 0 Å². The Balaban J connectivity index is 1.63. The van der Waals surface area contributed by atoms with Gasteiger partial charge < -0.3 is 9.47 Å². The van der Waals surface area contributed by atoms with Crippen molar-refractivity contribution in [3.63, 3.8) is 0 Å². The summed E-state index contributed by atoms with van der Waals surface area (Å²) >= 11 is 2.09. The number of hydrogen-bond donors (Lipinski definition) is 1. The average Bonchev–Trinajstić information content (AvgIpc) is 2.74. The molecule has 0 fully saturated rings. The van der Waals surface area contributed by atoms with Crippen LogP contribution < -0.4 is 14.9 Å². The summed E-state index contributed by atoms with van der Waals surface area (Å²) in [6, 6.07) is 20.7. The molecule has 0 heterocycles. The molecule has 0 saturated heterocycles. The van der Waals surface area contributed by atoms with Crippen LogP contribution in [0.2, 0.25) is 0 Å². The molecule has 0 bridgehead atoms. The molecular weight excluding hydrogens is 483 g/mol. The number of esters is 1. The monoisotopic (exact) mass is 500 g/mol. The summed E-state index contributed by atoms with van der Waals surface area (Å²) in [7, 11) is 1.56. The van der Waals surface area contributed by atoms with Crippen LogP contribution in [0.1, 0.15) is 26.3 Å². The molecule has 6 nitrogen and oxygen atoms in total. The van der Waals surface area contributed by atoms with Gasteiger partial charge in [-0.05, 0) is 76.7 Å². The Morgan fingerprint density at radius 1 is 0.966 bits per heavy atom. The van der Waals surface area contributed by atoms with E-state index in [1.807, 2.05) is 12.1 Å². The topological polar surface area (TPSA) is 77.0 Å². The van der Waals surface area contributed by atoms with Gasteiger partial charge in [-0.2, -0.15) is 5.10 Å². The molecule has 0 aromatic heterocycles. The number of methoxy groups -OCH3 is 1. The highest BCUT2D eigenvalue weighted by Gasteiger charge is 2.09. The van der Waals surface area contributed by atoms with E-state index in [2.05, 4.69) is 33.1 Å². The van der Waals surface area contributed by atoms with E-state index in [4.69, 9.17) is 9.47 Å². The molecule has 0 unspecified atom stereocenters. The number of nitrogens with one attached hydrogen (secondary N) is 1. The molecule has 0 saturated carbocycles. The number of hydrazone groups is 1. The zero-order valence-electron chi connectivity index (χ0n) is 15.5. The van der Waals surface area contributed by atoms with Crippen molar-refractivity contribution in [2.75, 3.05) is 7.11 Å². The highest BCUT2D eigenvalue weighted by atomic mass is 127. The number of benzene rings is 3. The summed E-state index contributed by atoms with van der Waals surface area (Å²) in [4.78, 5) is 24.4. The van der Waals surface area contributed by atoms with Crippen molar-refractivity contribution in [1.29, 1.82) is 0 Å². The Morgan fingerprint density at radius 3 is 2.45 bits per heavy atom. The third-order valence-electron chi connectivity index (χ3n) is 3.89. The first-order valence-corrected chi connectivity index (χ1v) is 9.69. The van der Waals surface area contributed by atoms with E-state index in [-0.39, 0.29) is 5.91 Å². The Hall–Kier alpha value is -3.20. The molecule has 146 valence electrons. The van der Waals surface area contributed by atoms with Crippen LogP contribution in [-0.2, 0) is 0 Å². The van der Waals surface area contributed by atoms with Crippen LogP contribution in [0.25, 0.3) is 0 Å². The Labute approximate surface area is 181 Å². The van der Waals surface area contributed by atoms with E-state index in [9.17, 15) is 9.59 Å². The fourth-order valence-corrected chi connectivity index (χ4v) is 3.05. The predicted molar refractivity (Wildman–Crippen MR) is 119 cm³/mol. The van der Waals surface area contributed by atoms with E-state index >= 15 is 0 Å². The summed E-state index contributed by atoms with van der Waals surface area (Å²) in [5.41, 5.74) is 4.13. The molecule has 0 atom stereocenters. The Bertz CT molecular complexity index is 1050. The summed E-state index contributed by atoms with van der Waals surface area (Å²) in [5, 5.41) is 3.97. The van der Waals surface area contributed by atoms with E-state index < -0.39 is 5.97 Å². The molecule has 3 rings (SSSR count). The van der Waals surface area contributed by atoms with Crippen molar-refractivity contribution in [1.82, 2.24) is 5.43 Å². The maximum absolute atomic E-state index is 12.3. The summed E-state index contributed by atoms with van der Waals surface area (Å²) in [5.74, 6) is 0.257. The van der Waals surface area contributed by atoms with Crippen LogP contribution in [0.4, 0.5) is 0 Å². The number of rotatable bonds is 6. The van der Waals surface area contributed by atoms with E-state index in [1.165, 1.54) is 6.21 Å². The van der Waals surface area contributed by atoms with Gasteiger partial charge in [0.15, 0.2) is 0 Å². The van der Waals surface area contributed by atoms with Gasteiger partial charge in [0.05, 0.1) is 24.5 Å². The van der Waals surface area contributed by atoms with Gasteiger partial charge in [0.25, 0.3) is 5.91 Å². The molecule has 29 heavy (non-hydrogen) atoms. The summed E-state index contributed by atoms with van der Waals surface area (Å²) < 4.78 is 11.3. The lowest BCUT2D eigenvalue weighted by Crippen LogP contribution is -2.18. The van der Waals surface area contributed by atoms with Crippen molar-refractivity contribution in [3.8, 4) is 11.5 Å². The highest BCUT2D eigenvalue weighted by Crippen LogP contribution is 2.17. The van der Waals surface area contributed by atoms with Crippen LogP contribution in [-0.4, -0.2) is 25.2 Å². The lowest BCUT2D eigenvalue weighted by atomic mass is 10.2. The zero-order chi connectivity index (χ0) is 20.6. The van der Waals surface area contributed by atoms with Crippen molar-refractivity contribution in [3.05, 3.63) is 93.1 Å². The smallest absolute Gasteiger partial charge is 0.343 e. The number of carbonyl (C=O) groups excluding carboxylic acids is 2. The second-order valence-electron chi connectivity index (χ2n) is 5.87. The lowest BCUT2D eigenvalue weighted by Gasteiger charge is -2.06. The molecule has 1 amide bonds. The Kier molecular flexibility index (Phi) is 6.96. The van der Waals surface area contributed by atoms with E-state index in [1.54, 1.807) is 67.8 Å². The molecule has 7 heteroatoms. The first-order chi connectivity index (χ1) is 14.1. The third kappa shape index (κ3) is 5.64. The minimum Gasteiger partial charge on any atom is -0.497 e. The molecule has 0 spiro atoms.